The fourth-order valence-electron chi connectivity index (χ4n) is 1.33. The van der Waals surface area contributed by atoms with Crippen molar-refractivity contribution in [2.45, 2.75) is 19.6 Å². The third kappa shape index (κ3) is 17.5. The van der Waals surface area contributed by atoms with Crippen LogP contribution in [0.1, 0.15) is 0 Å². The van der Waals surface area contributed by atoms with Crippen LogP contribution in [0, 0.1) is 0 Å². The number of carbonyl (C=O) groups excluding carboxylic acids is 1. The van der Waals surface area contributed by atoms with Crippen LogP contribution in [-0.2, 0) is 32.9 Å². The van der Waals surface area contributed by atoms with Crippen molar-refractivity contribution in [3.05, 3.63) is 0 Å². The summed E-state index contributed by atoms with van der Waals surface area (Å²) in [7, 11) is -0.185. The van der Waals surface area contributed by atoms with Crippen LogP contribution >= 0.6 is 0 Å². The van der Waals surface area contributed by atoms with E-state index in [4.69, 9.17) is 28.1 Å². The van der Waals surface area contributed by atoms with Crippen LogP contribution in [0.25, 0.3) is 0 Å². The van der Waals surface area contributed by atoms with Gasteiger partial charge in [0.15, 0.2) is 0 Å². The summed E-state index contributed by atoms with van der Waals surface area (Å²) >= 11 is 0. The van der Waals surface area contributed by atoms with Crippen molar-refractivity contribution in [2.24, 2.45) is 0 Å². The summed E-state index contributed by atoms with van der Waals surface area (Å²) in [5.41, 5.74) is 0. The predicted molar refractivity (Wildman–Crippen MR) is 84.6 cm³/mol. The van der Waals surface area contributed by atoms with Gasteiger partial charge in [-0.2, -0.15) is 0 Å². The van der Waals surface area contributed by atoms with Gasteiger partial charge >= 0.3 is 5.97 Å². The number of ether oxygens (including phenoxy) is 5. The molecule has 0 rings (SSSR count). The van der Waals surface area contributed by atoms with Crippen molar-refractivity contribution < 1.29 is 32.9 Å². The van der Waals surface area contributed by atoms with E-state index in [1.165, 1.54) is 0 Å². The molecule has 0 fully saturated rings. The van der Waals surface area contributed by atoms with Gasteiger partial charge in [-0.1, -0.05) is 0 Å². The molecule has 0 atom stereocenters. The van der Waals surface area contributed by atoms with E-state index in [0.29, 0.717) is 52.9 Å². The minimum atomic E-state index is -1.82. The maximum absolute atomic E-state index is 11.4. The highest BCUT2D eigenvalue weighted by molar-refractivity contribution is 6.71. The monoisotopic (exact) mass is 338 g/mol. The Kier molecular flexibility index (Phi) is 13.8. The van der Waals surface area contributed by atoms with Crippen LogP contribution < -0.4 is 0 Å². The third-order valence-electron chi connectivity index (χ3n) is 2.19. The molecule has 0 amide bonds. The molecule has 8 heteroatoms. The maximum Gasteiger partial charge on any atom is 0.318 e. The Labute approximate surface area is 134 Å². The number of rotatable bonds is 15. The van der Waals surface area contributed by atoms with Crippen molar-refractivity contribution >= 4 is 14.3 Å². The quantitative estimate of drug-likeness (QED) is 0.327. The van der Waals surface area contributed by atoms with Gasteiger partial charge in [-0.15, -0.1) is 0 Å². The van der Waals surface area contributed by atoms with E-state index in [1.54, 1.807) is 7.11 Å². The lowest BCUT2D eigenvalue weighted by Gasteiger charge is -2.17. The van der Waals surface area contributed by atoms with Crippen LogP contribution in [0.4, 0.5) is 0 Å². The molecule has 0 saturated heterocycles. The molecular formula is C14H30O7Si. The number of hydrogen-bond acceptors (Lipinski definition) is 7. The second-order valence-corrected chi connectivity index (χ2v) is 9.90. The Hall–Kier alpha value is -0.513. The van der Waals surface area contributed by atoms with E-state index in [9.17, 15) is 4.79 Å². The highest BCUT2D eigenvalue weighted by Gasteiger charge is 2.19. The van der Waals surface area contributed by atoms with Crippen molar-refractivity contribution in [1.82, 2.24) is 0 Å². The number of methoxy groups -OCH3 is 1. The molecule has 0 bridgehead atoms. The van der Waals surface area contributed by atoms with E-state index in [-0.39, 0.29) is 12.6 Å². The zero-order valence-corrected chi connectivity index (χ0v) is 15.2. The van der Waals surface area contributed by atoms with Crippen molar-refractivity contribution in [1.29, 1.82) is 0 Å². The maximum atomic E-state index is 11.4. The van der Waals surface area contributed by atoms with Gasteiger partial charge in [-0.05, 0) is 19.6 Å². The lowest BCUT2D eigenvalue weighted by atomic mass is 10.7. The molecule has 22 heavy (non-hydrogen) atoms. The van der Waals surface area contributed by atoms with Crippen LogP contribution in [0.3, 0.4) is 0 Å². The first-order chi connectivity index (χ1) is 10.5. The predicted octanol–water partition coefficient (Wildman–Crippen LogP) is 1.08. The highest BCUT2D eigenvalue weighted by atomic mass is 28.4. The molecule has 132 valence electrons. The van der Waals surface area contributed by atoms with E-state index in [1.807, 2.05) is 19.6 Å². The SMILES string of the molecule is COCCOCCOCCOCCOCC(=O)O[Si](C)(C)C. The molecule has 0 heterocycles. The molecule has 0 N–H and O–H groups in total. The fraction of sp³-hybridized carbons (Fsp3) is 0.929. The van der Waals surface area contributed by atoms with Crippen molar-refractivity contribution in [2.75, 3.05) is 66.6 Å². The topological polar surface area (TPSA) is 72.5 Å². The number of carbonyl (C=O) groups is 1. The smallest absolute Gasteiger partial charge is 0.318 e. The first kappa shape index (κ1) is 21.5. The van der Waals surface area contributed by atoms with Crippen LogP contribution in [-0.4, -0.2) is 80.9 Å². The van der Waals surface area contributed by atoms with Gasteiger partial charge < -0.3 is 28.1 Å². The summed E-state index contributed by atoms with van der Waals surface area (Å²) in [4.78, 5) is 11.4. The van der Waals surface area contributed by atoms with Crippen LogP contribution in [0.2, 0.25) is 19.6 Å². The molecule has 0 aliphatic heterocycles. The second-order valence-electron chi connectivity index (χ2n) is 5.47. The standard InChI is InChI=1S/C14H30O7Si/c1-16-5-6-17-7-8-18-9-10-19-11-12-20-13-14(15)21-22(2,3)4/h5-13H2,1-4H3. The average molecular weight is 338 g/mol. The summed E-state index contributed by atoms with van der Waals surface area (Å²) in [6.45, 7) is 9.87. The lowest BCUT2D eigenvalue weighted by Crippen LogP contribution is -2.31. The molecule has 0 saturated carbocycles. The first-order valence-electron chi connectivity index (χ1n) is 7.47. The minimum Gasteiger partial charge on any atom is -0.518 e. The number of hydrogen-bond donors (Lipinski definition) is 0. The van der Waals surface area contributed by atoms with Crippen LogP contribution in [0.5, 0.6) is 0 Å². The largest absolute Gasteiger partial charge is 0.518 e. The molecule has 7 nitrogen and oxygen atoms in total. The van der Waals surface area contributed by atoms with E-state index < -0.39 is 8.32 Å². The average Bonchev–Trinajstić information content (AvgIpc) is 2.42. The van der Waals surface area contributed by atoms with Gasteiger partial charge in [-0.3, -0.25) is 4.79 Å². The van der Waals surface area contributed by atoms with Gasteiger partial charge in [0.2, 0.25) is 8.32 Å². The van der Waals surface area contributed by atoms with Gasteiger partial charge in [-0.25, -0.2) is 0 Å². The Balaban J connectivity index is 3.16. The zero-order valence-electron chi connectivity index (χ0n) is 14.2. The molecule has 0 spiro atoms. The molecule has 0 aromatic carbocycles. The molecule has 0 aromatic rings. The fourth-order valence-corrected chi connectivity index (χ4v) is 2.07. The van der Waals surface area contributed by atoms with Crippen molar-refractivity contribution in [3.63, 3.8) is 0 Å². The molecule has 0 aromatic heterocycles. The summed E-state index contributed by atoms with van der Waals surface area (Å²) in [5.74, 6) is -0.309. The molecule has 0 aliphatic carbocycles. The van der Waals surface area contributed by atoms with Crippen molar-refractivity contribution in [3.8, 4) is 0 Å². The third-order valence-corrected chi connectivity index (χ3v) is 3.03. The van der Waals surface area contributed by atoms with Gasteiger partial charge in [0.05, 0.1) is 52.9 Å². The molecular weight excluding hydrogens is 308 g/mol. The Morgan fingerprint density at radius 1 is 0.727 bits per heavy atom. The minimum absolute atomic E-state index is 0.0249. The highest BCUT2D eigenvalue weighted by Crippen LogP contribution is 2.02. The Morgan fingerprint density at radius 3 is 1.55 bits per heavy atom. The normalized spacial score (nSPS) is 11.6. The van der Waals surface area contributed by atoms with E-state index in [0.717, 1.165) is 0 Å². The Morgan fingerprint density at radius 2 is 1.14 bits per heavy atom. The van der Waals surface area contributed by atoms with Crippen LogP contribution in [0.15, 0.2) is 0 Å². The van der Waals surface area contributed by atoms with Gasteiger partial charge in [0.1, 0.15) is 6.61 Å². The second kappa shape index (κ2) is 14.1. The van der Waals surface area contributed by atoms with E-state index >= 15 is 0 Å². The summed E-state index contributed by atoms with van der Waals surface area (Å²) in [5, 5.41) is 0. The summed E-state index contributed by atoms with van der Waals surface area (Å²) in [6, 6.07) is 0. The first-order valence-corrected chi connectivity index (χ1v) is 10.9. The summed E-state index contributed by atoms with van der Waals surface area (Å²) in [6.07, 6.45) is 0. The lowest BCUT2D eigenvalue weighted by molar-refractivity contribution is -0.140. The van der Waals surface area contributed by atoms with E-state index in [2.05, 4.69) is 0 Å². The molecule has 0 unspecified atom stereocenters. The zero-order chi connectivity index (χ0) is 16.7. The molecule has 0 radical (unpaired) electrons. The molecule has 0 aliphatic rings. The Bertz CT molecular complexity index is 268. The van der Waals surface area contributed by atoms with Gasteiger partial charge in [0, 0.05) is 7.11 Å². The van der Waals surface area contributed by atoms with Gasteiger partial charge in [0.25, 0.3) is 0 Å². The summed E-state index contributed by atoms with van der Waals surface area (Å²) < 4.78 is 31.1.